The van der Waals surface area contributed by atoms with E-state index in [1.165, 1.54) is 12.8 Å². The highest BCUT2D eigenvalue weighted by Crippen LogP contribution is 2.47. The third-order valence-corrected chi connectivity index (χ3v) is 3.77. The van der Waals surface area contributed by atoms with Crippen molar-refractivity contribution in [2.24, 2.45) is 23.2 Å². The molecular formula is C12H18O2. The second-order valence-corrected chi connectivity index (χ2v) is 5.43. The van der Waals surface area contributed by atoms with Gasteiger partial charge in [-0.3, -0.25) is 4.79 Å². The summed E-state index contributed by atoms with van der Waals surface area (Å²) in [5.74, 6) is 1.36. The highest BCUT2D eigenvalue weighted by molar-refractivity contribution is 5.73. The molecule has 3 unspecified atom stereocenters. The van der Waals surface area contributed by atoms with Gasteiger partial charge in [0.25, 0.3) is 0 Å². The maximum Gasteiger partial charge on any atom is 0.309 e. The average molecular weight is 194 g/mol. The smallest absolute Gasteiger partial charge is 0.309 e. The van der Waals surface area contributed by atoms with Gasteiger partial charge in [-0.05, 0) is 50.9 Å². The van der Waals surface area contributed by atoms with E-state index in [0.717, 1.165) is 12.3 Å². The molecule has 0 aromatic rings. The Bertz CT molecular complexity index is 278. The van der Waals surface area contributed by atoms with E-state index >= 15 is 0 Å². The van der Waals surface area contributed by atoms with Crippen molar-refractivity contribution in [3.8, 4) is 0 Å². The maximum atomic E-state index is 11.0. The Morgan fingerprint density at radius 1 is 1.43 bits per heavy atom. The molecule has 2 aliphatic rings. The van der Waals surface area contributed by atoms with Crippen molar-refractivity contribution in [1.82, 2.24) is 0 Å². The number of carboxylic acids is 1. The number of carboxylic acid groups (broad SMARTS) is 1. The van der Waals surface area contributed by atoms with Crippen molar-refractivity contribution in [3.63, 3.8) is 0 Å². The summed E-state index contributed by atoms with van der Waals surface area (Å²) in [6, 6.07) is 0. The summed E-state index contributed by atoms with van der Waals surface area (Å²) >= 11 is 0. The molecule has 0 heterocycles. The minimum atomic E-state index is -0.663. The molecule has 0 aromatic carbocycles. The van der Waals surface area contributed by atoms with Crippen LogP contribution in [0.2, 0.25) is 0 Å². The van der Waals surface area contributed by atoms with Crippen LogP contribution in [0.5, 0.6) is 0 Å². The topological polar surface area (TPSA) is 37.3 Å². The largest absolute Gasteiger partial charge is 0.481 e. The van der Waals surface area contributed by atoms with Gasteiger partial charge in [-0.1, -0.05) is 12.2 Å². The Labute approximate surface area is 85.0 Å². The van der Waals surface area contributed by atoms with Crippen LogP contribution in [-0.4, -0.2) is 11.1 Å². The van der Waals surface area contributed by atoms with Gasteiger partial charge in [0.15, 0.2) is 0 Å². The zero-order valence-electron chi connectivity index (χ0n) is 8.86. The van der Waals surface area contributed by atoms with Gasteiger partial charge in [0, 0.05) is 0 Å². The molecule has 2 bridgehead atoms. The van der Waals surface area contributed by atoms with Crippen molar-refractivity contribution < 1.29 is 9.90 Å². The maximum absolute atomic E-state index is 11.0. The number of allylic oxidation sites excluding steroid dienone is 2. The third kappa shape index (κ3) is 1.58. The predicted octanol–water partition coefficient (Wildman–Crippen LogP) is 2.70. The zero-order valence-corrected chi connectivity index (χ0v) is 8.86. The number of hydrogen-bond acceptors (Lipinski definition) is 1. The Balaban J connectivity index is 1.99. The van der Waals surface area contributed by atoms with Gasteiger partial charge in [0.05, 0.1) is 5.41 Å². The summed E-state index contributed by atoms with van der Waals surface area (Å²) in [7, 11) is 0. The van der Waals surface area contributed by atoms with Crippen LogP contribution in [-0.2, 0) is 4.79 Å². The molecule has 14 heavy (non-hydrogen) atoms. The fraction of sp³-hybridized carbons (Fsp3) is 0.750. The second-order valence-electron chi connectivity index (χ2n) is 5.43. The van der Waals surface area contributed by atoms with E-state index in [-0.39, 0.29) is 0 Å². The molecule has 1 N–H and O–H groups in total. The van der Waals surface area contributed by atoms with Gasteiger partial charge in [-0.25, -0.2) is 0 Å². The molecule has 0 spiro atoms. The van der Waals surface area contributed by atoms with Crippen molar-refractivity contribution in [3.05, 3.63) is 12.2 Å². The van der Waals surface area contributed by atoms with Crippen molar-refractivity contribution in [1.29, 1.82) is 0 Å². The van der Waals surface area contributed by atoms with Crippen LogP contribution in [0.3, 0.4) is 0 Å². The van der Waals surface area contributed by atoms with E-state index in [2.05, 4.69) is 12.2 Å². The summed E-state index contributed by atoms with van der Waals surface area (Å²) < 4.78 is 0. The Morgan fingerprint density at radius 2 is 2.14 bits per heavy atom. The lowest BCUT2D eigenvalue weighted by atomic mass is 9.78. The fourth-order valence-electron chi connectivity index (χ4n) is 2.87. The van der Waals surface area contributed by atoms with Gasteiger partial charge < -0.3 is 5.11 Å². The first-order chi connectivity index (χ1) is 6.49. The minimum Gasteiger partial charge on any atom is -0.481 e. The highest BCUT2D eigenvalue weighted by atomic mass is 16.4. The summed E-state index contributed by atoms with van der Waals surface area (Å²) in [6.07, 6.45) is 7.89. The number of carbonyl (C=O) groups is 1. The molecular weight excluding hydrogens is 176 g/mol. The molecule has 0 radical (unpaired) electrons. The molecule has 0 aromatic heterocycles. The van der Waals surface area contributed by atoms with E-state index in [4.69, 9.17) is 5.11 Å². The number of rotatable bonds is 3. The van der Waals surface area contributed by atoms with Gasteiger partial charge >= 0.3 is 5.97 Å². The molecule has 1 saturated carbocycles. The van der Waals surface area contributed by atoms with Gasteiger partial charge in [-0.15, -0.1) is 0 Å². The minimum absolute atomic E-state index is 0.553. The number of aliphatic carboxylic acids is 1. The van der Waals surface area contributed by atoms with E-state index in [1.807, 2.05) is 13.8 Å². The quantitative estimate of drug-likeness (QED) is 0.701. The Hall–Kier alpha value is -0.790. The van der Waals surface area contributed by atoms with Crippen molar-refractivity contribution in [2.45, 2.75) is 33.1 Å². The SMILES string of the molecule is CC(C)(CC1CC2C=CC1C2)C(=O)O. The van der Waals surface area contributed by atoms with Crippen molar-refractivity contribution >= 4 is 5.97 Å². The van der Waals surface area contributed by atoms with Gasteiger partial charge in [0.1, 0.15) is 0 Å². The predicted molar refractivity (Wildman–Crippen MR) is 54.9 cm³/mol. The molecule has 0 amide bonds. The lowest BCUT2D eigenvalue weighted by molar-refractivity contribution is -0.148. The third-order valence-electron chi connectivity index (χ3n) is 3.77. The molecule has 2 rings (SSSR count). The molecule has 2 heteroatoms. The lowest BCUT2D eigenvalue weighted by Gasteiger charge is -2.26. The van der Waals surface area contributed by atoms with E-state index < -0.39 is 11.4 Å². The standard InChI is InChI=1S/C12H18O2/c1-12(2,11(13)14)7-10-6-8-3-4-9(10)5-8/h3-4,8-10H,5-7H2,1-2H3,(H,13,14). The summed E-state index contributed by atoms with van der Waals surface area (Å²) in [4.78, 5) is 11.0. The van der Waals surface area contributed by atoms with Crippen LogP contribution in [0.15, 0.2) is 12.2 Å². The molecule has 0 aliphatic heterocycles. The van der Waals surface area contributed by atoms with Crippen LogP contribution >= 0.6 is 0 Å². The zero-order chi connectivity index (χ0) is 10.3. The first kappa shape index (κ1) is 9.75. The van der Waals surface area contributed by atoms with E-state index in [0.29, 0.717) is 11.8 Å². The second kappa shape index (κ2) is 3.11. The summed E-state index contributed by atoms with van der Waals surface area (Å²) in [5.41, 5.74) is -0.553. The van der Waals surface area contributed by atoms with Crippen LogP contribution in [0, 0.1) is 23.2 Å². The van der Waals surface area contributed by atoms with Gasteiger partial charge in [-0.2, -0.15) is 0 Å². The monoisotopic (exact) mass is 194 g/mol. The van der Waals surface area contributed by atoms with Crippen LogP contribution < -0.4 is 0 Å². The molecule has 0 saturated heterocycles. The van der Waals surface area contributed by atoms with E-state index in [9.17, 15) is 4.79 Å². The Morgan fingerprint density at radius 3 is 2.57 bits per heavy atom. The van der Waals surface area contributed by atoms with Crippen LogP contribution in [0.25, 0.3) is 0 Å². The molecule has 1 fully saturated rings. The van der Waals surface area contributed by atoms with Gasteiger partial charge in [0.2, 0.25) is 0 Å². The summed E-state index contributed by atoms with van der Waals surface area (Å²) in [5, 5.41) is 9.05. The Kier molecular flexibility index (Phi) is 2.17. The molecule has 78 valence electrons. The lowest BCUT2D eigenvalue weighted by Crippen LogP contribution is -2.28. The first-order valence-corrected chi connectivity index (χ1v) is 5.41. The average Bonchev–Trinajstić information content (AvgIpc) is 2.63. The fourth-order valence-corrected chi connectivity index (χ4v) is 2.87. The van der Waals surface area contributed by atoms with Crippen LogP contribution in [0.1, 0.15) is 33.1 Å². The molecule has 3 atom stereocenters. The van der Waals surface area contributed by atoms with E-state index in [1.54, 1.807) is 0 Å². The number of fused-ring (bicyclic) bond motifs is 2. The summed E-state index contributed by atoms with van der Waals surface area (Å²) in [6.45, 7) is 3.68. The molecule has 2 nitrogen and oxygen atoms in total. The number of hydrogen-bond donors (Lipinski definition) is 1. The normalized spacial score (nSPS) is 35.1. The highest BCUT2D eigenvalue weighted by Gasteiger charge is 2.40. The van der Waals surface area contributed by atoms with Crippen LogP contribution in [0.4, 0.5) is 0 Å². The van der Waals surface area contributed by atoms with Crippen molar-refractivity contribution in [2.75, 3.05) is 0 Å². The first-order valence-electron chi connectivity index (χ1n) is 5.41. The molecule has 2 aliphatic carbocycles.